The third kappa shape index (κ3) is 2.08. The maximum atomic E-state index is 12.1. The second kappa shape index (κ2) is 5.25. The molecular formula is C14H16ClN3O2. The summed E-state index contributed by atoms with van der Waals surface area (Å²) in [5, 5.41) is 4.64. The molecule has 0 aliphatic heterocycles. The molecule has 2 heterocycles. The summed E-state index contributed by atoms with van der Waals surface area (Å²) in [6.45, 7) is 6.07. The Morgan fingerprint density at radius 2 is 2.00 bits per heavy atom. The van der Waals surface area contributed by atoms with Gasteiger partial charge in [0, 0.05) is 19.2 Å². The highest BCUT2D eigenvalue weighted by molar-refractivity contribution is 6.35. The number of hydrogen-bond acceptors (Lipinski definition) is 3. The van der Waals surface area contributed by atoms with Crippen molar-refractivity contribution in [1.29, 1.82) is 0 Å². The number of hydrogen-bond donors (Lipinski definition) is 0. The van der Waals surface area contributed by atoms with Crippen molar-refractivity contribution in [3.05, 3.63) is 38.3 Å². The van der Waals surface area contributed by atoms with Crippen molar-refractivity contribution in [3.8, 4) is 11.4 Å². The summed E-state index contributed by atoms with van der Waals surface area (Å²) >= 11 is 6.25. The zero-order valence-corrected chi connectivity index (χ0v) is 12.7. The molecule has 2 rings (SSSR count). The van der Waals surface area contributed by atoms with E-state index in [1.54, 1.807) is 20.0 Å². The summed E-state index contributed by atoms with van der Waals surface area (Å²) in [5.74, 6) is 0. The van der Waals surface area contributed by atoms with Crippen LogP contribution < -0.4 is 5.56 Å². The van der Waals surface area contributed by atoms with Crippen LogP contribution in [0.3, 0.4) is 0 Å². The van der Waals surface area contributed by atoms with Gasteiger partial charge in [0.15, 0.2) is 6.29 Å². The number of halogens is 1. The van der Waals surface area contributed by atoms with Crippen molar-refractivity contribution in [1.82, 2.24) is 14.3 Å². The van der Waals surface area contributed by atoms with Gasteiger partial charge in [-0.05, 0) is 32.4 Å². The molecule has 0 aliphatic carbocycles. The lowest BCUT2D eigenvalue weighted by atomic mass is 10.1. The van der Waals surface area contributed by atoms with Gasteiger partial charge in [-0.3, -0.25) is 14.3 Å². The Labute approximate surface area is 121 Å². The van der Waals surface area contributed by atoms with Gasteiger partial charge in [0.05, 0.1) is 10.7 Å². The third-order valence-corrected chi connectivity index (χ3v) is 3.72. The fourth-order valence-electron chi connectivity index (χ4n) is 2.39. The second-order valence-corrected chi connectivity index (χ2v) is 5.08. The molecule has 0 saturated heterocycles. The predicted octanol–water partition coefficient (Wildman–Crippen LogP) is 2.35. The van der Waals surface area contributed by atoms with Gasteiger partial charge in [-0.2, -0.15) is 5.10 Å². The van der Waals surface area contributed by atoms with E-state index in [1.165, 1.54) is 9.25 Å². The highest BCUT2D eigenvalue weighted by Crippen LogP contribution is 2.30. The predicted molar refractivity (Wildman–Crippen MR) is 78.4 cm³/mol. The quantitative estimate of drug-likeness (QED) is 0.816. The number of aryl methyl sites for hydroxylation is 3. The minimum absolute atomic E-state index is 0.0969. The van der Waals surface area contributed by atoms with Crippen molar-refractivity contribution in [2.75, 3.05) is 0 Å². The van der Waals surface area contributed by atoms with Gasteiger partial charge in [0.1, 0.15) is 11.4 Å². The highest BCUT2D eigenvalue weighted by atomic mass is 35.5. The Kier molecular flexibility index (Phi) is 3.81. The molecule has 0 radical (unpaired) electrons. The topological polar surface area (TPSA) is 56.9 Å². The van der Waals surface area contributed by atoms with Crippen molar-refractivity contribution >= 4 is 17.9 Å². The maximum Gasteiger partial charge on any atom is 0.253 e. The average Bonchev–Trinajstić information content (AvgIpc) is 2.73. The molecule has 0 unspecified atom stereocenters. The maximum absolute atomic E-state index is 12.1. The van der Waals surface area contributed by atoms with E-state index in [4.69, 9.17) is 11.6 Å². The fraction of sp³-hybridized carbons (Fsp3) is 0.357. The van der Waals surface area contributed by atoms with Gasteiger partial charge in [-0.15, -0.1) is 0 Å². The zero-order valence-electron chi connectivity index (χ0n) is 11.9. The third-order valence-electron chi connectivity index (χ3n) is 3.35. The van der Waals surface area contributed by atoms with Crippen LogP contribution in [0.1, 0.15) is 28.5 Å². The molecule has 106 valence electrons. The van der Waals surface area contributed by atoms with Crippen LogP contribution in [0.25, 0.3) is 11.4 Å². The number of rotatable bonds is 3. The SMILES string of the molecule is CCn1nc(-c2c(C)cc(C)c(=O)n2C)c(Cl)c1C=O. The summed E-state index contributed by atoms with van der Waals surface area (Å²) in [5.41, 5.74) is 2.89. The molecule has 6 heteroatoms. The average molecular weight is 294 g/mol. The molecule has 0 bridgehead atoms. The smallest absolute Gasteiger partial charge is 0.253 e. The van der Waals surface area contributed by atoms with E-state index < -0.39 is 0 Å². The first-order valence-corrected chi connectivity index (χ1v) is 6.69. The van der Waals surface area contributed by atoms with Gasteiger partial charge in [-0.25, -0.2) is 0 Å². The number of aromatic nitrogens is 3. The number of aldehydes is 1. The molecule has 0 atom stereocenters. The molecule has 0 fully saturated rings. The summed E-state index contributed by atoms with van der Waals surface area (Å²) in [4.78, 5) is 23.2. The van der Waals surface area contributed by atoms with Crippen LogP contribution >= 0.6 is 11.6 Å². The van der Waals surface area contributed by atoms with Crippen LogP contribution in [0.5, 0.6) is 0 Å². The van der Waals surface area contributed by atoms with E-state index in [0.29, 0.717) is 35.5 Å². The Hall–Kier alpha value is -1.88. The highest BCUT2D eigenvalue weighted by Gasteiger charge is 2.20. The van der Waals surface area contributed by atoms with Gasteiger partial charge < -0.3 is 4.57 Å². The Bertz CT molecular complexity index is 744. The largest absolute Gasteiger partial charge is 0.309 e. The molecular weight excluding hydrogens is 278 g/mol. The van der Waals surface area contributed by atoms with Crippen molar-refractivity contribution in [3.63, 3.8) is 0 Å². The fourth-order valence-corrected chi connectivity index (χ4v) is 2.66. The van der Waals surface area contributed by atoms with E-state index in [2.05, 4.69) is 5.10 Å². The van der Waals surface area contributed by atoms with Gasteiger partial charge >= 0.3 is 0 Å². The minimum Gasteiger partial charge on any atom is -0.309 e. The summed E-state index contributed by atoms with van der Waals surface area (Å²) in [6.07, 6.45) is 0.684. The van der Waals surface area contributed by atoms with E-state index in [9.17, 15) is 9.59 Å². The Morgan fingerprint density at radius 3 is 2.50 bits per heavy atom. The normalized spacial score (nSPS) is 10.8. The number of pyridine rings is 1. The zero-order chi connectivity index (χ0) is 15.0. The van der Waals surface area contributed by atoms with Gasteiger partial charge in [-0.1, -0.05) is 11.6 Å². The van der Waals surface area contributed by atoms with Crippen LogP contribution in [-0.4, -0.2) is 20.6 Å². The lowest BCUT2D eigenvalue weighted by Gasteiger charge is -2.11. The summed E-state index contributed by atoms with van der Waals surface area (Å²) < 4.78 is 3.06. The second-order valence-electron chi connectivity index (χ2n) is 4.70. The first-order valence-electron chi connectivity index (χ1n) is 6.31. The van der Waals surface area contributed by atoms with Gasteiger partial charge in [0.25, 0.3) is 5.56 Å². The monoisotopic (exact) mass is 293 g/mol. The van der Waals surface area contributed by atoms with Crippen LogP contribution in [0.4, 0.5) is 0 Å². The van der Waals surface area contributed by atoms with Crippen LogP contribution in [0, 0.1) is 13.8 Å². The van der Waals surface area contributed by atoms with E-state index in [-0.39, 0.29) is 10.6 Å². The van der Waals surface area contributed by atoms with Crippen LogP contribution in [-0.2, 0) is 13.6 Å². The molecule has 0 aliphatic rings. The van der Waals surface area contributed by atoms with Gasteiger partial charge in [0.2, 0.25) is 0 Å². The molecule has 0 saturated carbocycles. The molecule has 0 spiro atoms. The Morgan fingerprint density at radius 1 is 1.35 bits per heavy atom. The molecule has 5 nitrogen and oxygen atoms in total. The Balaban J connectivity index is 2.82. The summed E-state index contributed by atoms with van der Waals surface area (Å²) in [7, 11) is 1.68. The van der Waals surface area contributed by atoms with Crippen molar-refractivity contribution in [2.24, 2.45) is 7.05 Å². The number of carbonyl (C=O) groups is 1. The lowest BCUT2D eigenvalue weighted by Crippen LogP contribution is -2.21. The molecule has 0 N–H and O–H groups in total. The summed E-state index contributed by atoms with van der Waals surface area (Å²) in [6, 6.07) is 1.81. The standard InChI is InChI=1S/C14H16ClN3O2/c1-5-18-10(7-19)11(15)12(16-18)13-8(2)6-9(3)14(20)17(13)4/h6-7H,5H2,1-4H3. The van der Waals surface area contributed by atoms with Crippen molar-refractivity contribution < 1.29 is 4.79 Å². The van der Waals surface area contributed by atoms with Crippen LogP contribution in [0.15, 0.2) is 10.9 Å². The van der Waals surface area contributed by atoms with E-state index in [1.807, 2.05) is 13.8 Å². The van der Waals surface area contributed by atoms with E-state index >= 15 is 0 Å². The molecule has 0 amide bonds. The minimum atomic E-state index is -0.0969. The van der Waals surface area contributed by atoms with Crippen LogP contribution in [0.2, 0.25) is 5.02 Å². The first kappa shape index (κ1) is 14.5. The number of nitrogens with zero attached hydrogens (tertiary/aromatic N) is 3. The first-order chi connectivity index (χ1) is 9.42. The van der Waals surface area contributed by atoms with Crippen molar-refractivity contribution in [2.45, 2.75) is 27.3 Å². The lowest BCUT2D eigenvalue weighted by molar-refractivity contribution is 0.111. The molecule has 2 aromatic heterocycles. The van der Waals surface area contributed by atoms with E-state index in [0.717, 1.165) is 5.56 Å². The molecule has 2 aromatic rings. The number of carbonyl (C=O) groups excluding carboxylic acids is 1. The molecule has 0 aromatic carbocycles. The molecule has 20 heavy (non-hydrogen) atoms.